The normalized spacial score (nSPS) is 12.2. The highest BCUT2D eigenvalue weighted by molar-refractivity contribution is 7.48. The highest BCUT2D eigenvalue weighted by Crippen LogP contribution is 2.54. The molecule has 0 bridgehead atoms. The molecular weight excluding hydrogens is 611 g/mol. The minimum atomic E-state index is -4.24. The van der Waals surface area contributed by atoms with Crippen LogP contribution in [0.5, 0.6) is 5.75 Å². The maximum absolute atomic E-state index is 14.4. The van der Waals surface area contributed by atoms with E-state index in [-0.39, 0.29) is 30.0 Å². The van der Waals surface area contributed by atoms with Gasteiger partial charge in [-0.25, -0.2) is 4.57 Å². The summed E-state index contributed by atoms with van der Waals surface area (Å²) in [5.74, 6) is -0.349. The molecule has 1 heterocycles. The zero-order valence-corrected chi connectivity index (χ0v) is 28.5. The van der Waals surface area contributed by atoms with Crippen LogP contribution in [0.15, 0.2) is 108 Å². The topological polar surface area (TPSA) is 107 Å². The molecule has 0 saturated carbocycles. The first kappa shape index (κ1) is 33.9. The minimum absolute atomic E-state index is 0.00777. The number of amides is 1. The molecule has 47 heavy (non-hydrogen) atoms. The standard InChI is InChI=1S/C38H41N2O6P/c1-37(2,3)30-21-31(38(4,5)6)34(22-33(30)40-36(42)29-23-39-32-20-14-13-19-28(32)35(29)41)46-47(43,44-24-26-15-9-7-10-16-26)45-25-27-17-11-8-12-18-27/h7-23H,24-25H2,1-6H3,(H,39,41)(H,40,42). The highest BCUT2D eigenvalue weighted by Gasteiger charge is 2.34. The molecule has 0 aliphatic heterocycles. The molecule has 0 atom stereocenters. The van der Waals surface area contributed by atoms with Crippen LogP contribution in [0.3, 0.4) is 0 Å². The monoisotopic (exact) mass is 652 g/mol. The minimum Gasteiger partial charge on any atom is -0.404 e. The smallest absolute Gasteiger partial charge is 0.404 e. The van der Waals surface area contributed by atoms with E-state index < -0.39 is 24.6 Å². The number of anilines is 1. The summed E-state index contributed by atoms with van der Waals surface area (Å²) < 4.78 is 32.6. The van der Waals surface area contributed by atoms with Gasteiger partial charge in [-0.05, 0) is 45.7 Å². The van der Waals surface area contributed by atoms with Gasteiger partial charge in [-0.2, -0.15) is 0 Å². The summed E-state index contributed by atoms with van der Waals surface area (Å²) in [6, 6.07) is 29.3. The Bertz CT molecular complexity index is 1930. The zero-order chi connectivity index (χ0) is 33.8. The van der Waals surface area contributed by atoms with Crippen LogP contribution in [0, 0.1) is 0 Å². The number of rotatable bonds is 10. The molecule has 5 rings (SSSR count). The lowest BCUT2D eigenvalue weighted by Crippen LogP contribution is -2.25. The van der Waals surface area contributed by atoms with Gasteiger partial charge in [0.2, 0.25) is 5.43 Å². The van der Waals surface area contributed by atoms with Crippen LogP contribution < -0.4 is 15.3 Å². The van der Waals surface area contributed by atoms with Gasteiger partial charge in [0.05, 0.1) is 13.2 Å². The number of aromatic nitrogens is 1. The number of aromatic amines is 1. The van der Waals surface area contributed by atoms with Gasteiger partial charge in [-0.15, -0.1) is 0 Å². The number of hydrogen-bond acceptors (Lipinski definition) is 6. The number of carbonyl (C=O) groups excluding carboxylic acids is 1. The van der Waals surface area contributed by atoms with Gasteiger partial charge in [0.1, 0.15) is 11.3 Å². The number of H-pyrrole nitrogens is 1. The fourth-order valence-electron chi connectivity index (χ4n) is 5.16. The van der Waals surface area contributed by atoms with Crippen molar-refractivity contribution in [1.82, 2.24) is 4.98 Å². The fraction of sp³-hybridized carbons (Fsp3) is 0.263. The van der Waals surface area contributed by atoms with Crippen molar-refractivity contribution in [3.63, 3.8) is 0 Å². The van der Waals surface area contributed by atoms with Crippen molar-refractivity contribution in [3.05, 3.63) is 141 Å². The van der Waals surface area contributed by atoms with E-state index in [1.54, 1.807) is 24.3 Å². The SMILES string of the molecule is CC(C)(C)c1cc(C(C)(C)C)c(OP(=O)(OCc2ccccc2)OCc2ccccc2)cc1NC(=O)c1c[nH]c2ccccc2c1=O. The van der Waals surface area contributed by atoms with Crippen LogP contribution in [-0.2, 0) is 37.7 Å². The van der Waals surface area contributed by atoms with Crippen LogP contribution in [-0.4, -0.2) is 10.9 Å². The van der Waals surface area contributed by atoms with E-state index in [2.05, 4.69) is 10.3 Å². The molecule has 8 nitrogen and oxygen atoms in total. The molecule has 5 aromatic rings. The Morgan fingerprint density at radius 1 is 0.745 bits per heavy atom. The Kier molecular flexibility index (Phi) is 9.87. The second kappa shape index (κ2) is 13.7. The van der Waals surface area contributed by atoms with E-state index >= 15 is 0 Å². The lowest BCUT2D eigenvalue weighted by Gasteiger charge is -2.30. The van der Waals surface area contributed by atoms with E-state index in [4.69, 9.17) is 13.6 Å². The van der Waals surface area contributed by atoms with Gasteiger partial charge in [0, 0.05) is 34.4 Å². The molecule has 2 N–H and O–H groups in total. The van der Waals surface area contributed by atoms with Crippen molar-refractivity contribution >= 4 is 30.3 Å². The maximum Gasteiger partial charge on any atom is 0.530 e. The van der Waals surface area contributed by atoms with Crippen molar-refractivity contribution in [2.75, 3.05) is 5.32 Å². The van der Waals surface area contributed by atoms with Gasteiger partial charge in [-0.1, -0.05) is 114 Å². The quantitative estimate of drug-likeness (QED) is 0.146. The summed E-state index contributed by atoms with van der Waals surface area (Å²) in [4.78, 5) is 30.0. The Morgan fingerprint density at radius 3 is 1.83 bits per heavy atom. The molecule has 9 heteroatoms. The Labute approximate surface area is 275 Å². The number of hydrogen-bond donors (Lipinski definition) is 2. The molecule has 0 spiro atoms. The van der Waals surface area contributed by atoms with Crippen LogP contribution in [0.1, 0.15) is 74.2 Å². The largest absolute Gasteiger partial charge is 0.530 e. The van der Waals surface area contributed by atoms with E-state index in [0.717, 1.165) is 22.3 Å². The van der Waals surface area contributed by atoms with Crippen molar-refractivity contribution in [1.29, 1.82) is 0 Å². The predicted octanol–water partition coefficient (Wildman–Crippen LogP) is 9.30. The molecule has 244 valence electrons. The molecule has 0 unspecified atom stereocenters. The zero-order valence-electron chi connectivity index (χ0n) is 27.6. The van der Waals surface area contributed by atoms with Crippen LogP contribution in [0.25, 0.3) is 10.9 Å². The summed E-state index contributed by atoms with van der Waals surface area (Å²) in [7, 11) is -4.24. The molecule has 0 saturated heterocycles. The maximum atomic E-state index is 14.4. The summed E-state index contributed by atoms with van der Waals surface area (Å²) in [6.45, 7) is 12.2. The number of pyridine rings is 1. The van der Waals surface area contributed by atoms with Crippen LogP contribution in [0.2, 0.25) is 0 Å². The number of carbonyl (C=O) groups is 1. The summed E-state index contributed by atoms with van der Waals surface area (Å²) in [5.41, 5.74) is 2.90. The number of fused-ring (bicyclic) bond motifs is 1. The molecule has 0 radical (unpaired) electrons. The molecule has 1 aromatic heterocycles. The van der Waals surface area contributed by atoms with Gasteiger partial charge in [-0.3, -0.25) is 18.6 Å². The van der Waals surface area contributed by atoms with Gasteiger partial charge >= 0.3 is 7.82 Å². The number of phosphoric acid groups is 1. The van der Waals surface area contributed by atoms with Gasteiger partial charge in [0.25, 0.3) is 5.91 Å². The Hall–Kier alpha value is -4.49. The molecular formula is C38H41N2O6P. The summed E-state index contributed by atoms with van der Waals surface area (Å²) >= 11 is 0. The lowest BCUT2D eigenvalue weighted by molar-refractivity contribution is 0.102. The van der Waals surface area contributed by atoms with Crippen LogP contribution >= 0.6 is 7.82 Å². The van der Waals surface area contributed by atoms with Gasteiger partial charge in [0.15, 0.2) is 0 Å². The predicted molar refractivity (Wildman–Crippen MR) is 187 cm³/mol. The van der Waals surface area contributed by atoms with Crippen molar-refractivity contribution in [2.24, 2.45) is 0 Å². The molecule has 0 aliphatic carbocycles. The Balaban J connectivity index is 1.56. The molecule has 0 aliphatic rings. The second-order valence-electron chi connectivity index (χ2n) is 13.5. The summed E-state index contributed by atoms with van der Waals surface area (Å²) in [6.07, 6.45) is 1.42. The molecule has 1 amide bonds. The van der Waals surface area contributed by atoms with Crippen LogP contribution in [0.4, 0.5) is 5.69 Å². The van der Waals surface area contributed by atoms with E-state index in [1.165, 1.54) is 6.20 Å². The molecule has 4 aromatic carbocycles. The average molecular weight is 653 g/mol. The third-order valence-corrected chi connectivity index (χ3v) is 9.00. The fourth-order valence-corrected chi connectivity index (χ4v) is 6.34. The van der Waals surface area contributed by atoms with Gasteiger partial charge < -0.3 is 14.8 Å². The lowest BCUT2D eigenvalue weighted by atomic mass is 9.79. The van der Waals surface area contributed by atoms with E-state index in [0.29, 0.717) is 16.6 Å². The first-order valence-corrected chi connectivity index (χ1v) is 17.0. The van der Waals surface area contributed by atoms with E-state index in [1.807, 2.05) is 114 Å². The third-order valence-electron chi connectivity index (χ3n) is 7.69. The first-order valence-electron chi connectivity index (χ1n) is 15.5. The molecule has 0 fully saturated rings. The second-order valence-corrected chi connectivity index (χ2v) is 15.1. The third kappa shape index (κ3) is 8.27. The number of benzene rings is 4. The van der Waals surface area contributed by atoms with Crippen molar-refractivity contribution < 1.29 is 22.9 Å². The van der Waals surface area contributed by atoms with Crippen molar-refractivity contribution in [3.8, 4) is 5.75 Å². The van der Waals surface area contributed by atoms with Crippen molar-refractivity contribution in [2.45, 2.75) is 65.6 Å². The first-order chi connectivity index (χ1) is 22.2. The Morgan fingerprint density at radius 2 is 1.28 bits per heavy atom. The summed E-state index contributed by atoms with van der Waals surface area (Å²) in [5, 5.41) is 3.36. The number of nitrogens with one attached hydrogen (secondary N) is 2. The number of phosphoric ester groups is 1. The highest BCUT2D eigenvalue weighted by atomic mass is 31.2. The number of para-hydroxylation sites is 1. The van der Waals surface area contributed by atoms with E-state index in [9.17, 15) is 14.2 Å². The average Bonchev–Trinajstić information content (AvgIpc) is 3.03.